The minimum absolute atomic E-state index is 0.160. The lowest BCUT2D eigenvalue weighted by atomic mass is 10.2. The summed E-state index contributed by atoms with van der Waals surface area (Å²) in [5, 5.41) is 0. The topological polar surface area (TPSA) is 76.0 Å². The number of fused-ring (bicyclic) bond motifs is 1. The van der Waals surface area contributed by atoms with Gasteiger partial charge in [0.05, 0.1) is 19.1 Å². The van der Waals surface area contributed by atoms with Crippen LogP contribution in [0.1, 0.15) is 5.56 Å². The summed E-state index contributed by atoms with van der Waals surface area (Å²) in [5.74, 6) is -0.634. The molecule has 17 heavy (non-hydrogen) atoms. The maximum Gasteiger partial charge on any atom is 0.358 e. The molecular formula is C11H12O5S. The molecule has 0 amide bonds. The molecule has 1 aliphatic rings. The van der Waals surface area contributed by atoms with Crippen molar-refractivity contribution in [3.05, 3.63) is 34.7 Å². The molecule has 5 nitrogen and oxygen atoms in total. The van der Waals surface area contributed by atoms with Crippen LogP contribution < -0.4 is 0 Å². The summed E-state index contributed by atoms with van der Waals surface area (Å²) in [6, 6.07) is 6.62. The number of ether oxygens (including phenoxy) is 2. The van der Waals surface area contributed by atoms with Crippen LogP contribution in [0, 0.1) is 0 Å². The van der Waals surface area contributed by atoms with E-state index in [2.05, 4.69) is 4.74 Å². The Morgan fingerprint density at radius 3 is 2.47 bits per heavy atom. The monoisotopic (exact) mass is 256 g/mol. The zero-order valence-electron chi connectivity index (χ0n) is 9.34. The van der Waals surface area contributed by atoms with Crippen LogP contribution in [-0.2, 0) is 14.3 Å². The average Bonchev–Trinajstić information content (AvgIpc) is 2.57. The molecule has 1 heterocycles. The molecule has 0 aliphatic carbocycles. The predicted molar refractivity (Wildman–Crippen MR) is 63.5 cm³/mol. The number of carbonyl (C=O) groups excluding carboxylic acids is 1. The van der Waals surface area contributed by atoms with Crippen molar-refractivity contribution in [3.8, 4) is 0 Å². The van der Waals surface area contributed by atoms with Crippen LogP contribution >= 0.6 is 10.6 Å². The van der Waals surface area contributed by atoms with E-state index in [1.807, 2.05) is 0 Å². The average molecular weight is 256 g/mol. The van der Waals surface area contributed by atoms with Gasteiger partial charge in [0.1, 0.15) is 0 Å². The first-order valence-corrected chi connectivity index (χ1v) is 6.33. The molecule has 0 saturated carbocycles. The zero-order valence-corrected chi connectivity index (χ0v) is 10.2. The van der Waals surface area contributed by atoms with Gasteiger partial charge in [-0.15, -0.1) is 10.6 Å². The van der Waals surface area contributed by atoms with Gasteiger partial charge in [-0.25, -0.2) is 4.79 Å². The summed E-state index contributed by atoms with van der Waals surface area (Å²) in [6.45, 7) is 0. The van der Waals surface area contributed by atoms with Crippen molar-refractivity contribution in [1.82, 2.24) is 0 Å². The highest BCUT2D eigenvalue weighted by Gasteiger charge is 2.41. The Morgan fingerprint density at radius 2 is 1.88 bits per heavy atom. The summed E-state index contributed by atoms with van der Waals surface area (Å²) >= 11 is 0. The number of esters is 1. The number of hydrogen-bond acceptors (Lipinski definition) is 5. The molecule has 0 fully saturated rings. The van der Waals surface area contributed by atoms with E-state index >= 15 is 0 Å². The first kappa shape index (κ1) is 12.0. The van der Waals surface area contributed by atoms with E-state index in [0.717, 1.165) is 0 Å². The van der Waals surface area contributed by atoms with Crippen LogP contribution in [0.3, 0.4) is 0 Å². The quantitative estimate of drug-likeness (QED) is 0.794. The van der Waals surface area contributed by atoms with Gasteiger partial charge in [-0.1, -0.05) is 12.1 Å². The number of methoxy groups -OCH3 is 2. The molecule has 0 bridgehead atoms. The second-order valence-electron chi connectivity index (χ2n) is 3.40. The van der Waals surface area contributed by atoms with Crippen molar-refractivity contribution in [1.29, 1.82) is 0 Å². The Bertz CT molecular complexity index is 506. The first-order chi connectivity index (χ1) is 8.04. The predicted octanol–water partition coefficient (Wildman–Crippen LogP) is 2.30. The van der Waals surface area contributed by atoms with Gasteiger partial charge in [-0.2, -0.15) is 0 Å². The summed E-state index contributed by atoms with van der Waals surface area (Å²) in [7, 11) is -0.786. The molecule has 1 aliphatic heterocycles. The molecule has 6 heteroatoms. The summed E-state index contributed by atoms with van der Waals surface area (Å²) in [4.78, 5) is 11.7. The molecule has 0 spiro atoms. The SMILES string of the molecule is COC(=O)C1=C(OC)c2ccccc2S1(O)O. The molecule has 0 radical (unpaired) electrons. The maximum absolute atomic E-state index is 11.6. The van der Waals surface area contributed by atoms with Crippen molar-refractivity contribution in [2.24, 2.45) is 0 Å². The van der Waals surface area contributed by atoms with E-state index in [-0.39, 0.29) is 15.6 Å². The van der Waals surface area contributed by atoms with Crippen molar-refractivity contribution >= 4 is 22.3 Å². The third-order valence-electron chi connectivity index (χ3n) is 2.50. The molecule has 2 N–H and O–H groups in total. The highest BCUT2D eigenvalue weighted by atomic mass is 32.3. The van der Waals surface area contributed by atoms with Crippen molar-refractivity contribution in [2.75, 3.05) is 14.2 Å². The summed E-state index contributed by atoms with van der Waals surface area (Å²) in [5.41, 5.74) is 0.510. The maximum atomic E-state index is 11.6. The van der Waals surface area contributed by atoms with E-state index in [1.54, 1.807) is 24.3 Å². The number of benzene rings is 1. The molecule has 0 aromatic heterocycles. The molecule has 1 aromatic carbocycles. The minimum atomic E-state index is -3.34. The van der Waals surface area contributed by atoms with E-state index < -0.39 is 16.6 Å². The van der Waals surface area contributed by atoms with Crippen LogP contribution in [0.15, 0.2) is 34.1 Å². The van der Waals surface area contributed by atoms with Gasteiger partial charge in [0.25, 0.3) is 0 Å². The van der Waals surface area contributed by atoms with Gasteiger partial charge in [-0.05, 0) is 12.1 Å². The van der Waals surface area contributed by atoms with Gasteiger partial charge in [0.15, 0.2) is 10.7 Å². The third kappa shape index (κ3) is 1.61. The van der Waals surface area contributed by atoms with E-state index in [1.165, 1.54) is 14.2 Å². The Morgan fingerprint density at radius 1 is 1.24 bits per heavy atom. The van der Waals surface area contributed by atoms with Crippen LogP contribution in [0.2, 0.25) is 0 Å². The lowest BCUT2D eigenvalue weighted by molar-refractivity contribution is -0.135. The van der Waals surface area contributed by atoms with Gasteiger partial charge in [0.2, 0.25) is 0 Å². The number of carbonyl (C=O) groups is 1. The Kier molecular flexibility index (Phi) is 2.86. The minimum Gasteiger partial charge on any atom is -0.494 e. The number of rotatable bonds is 2. The molecular weight excluding hydrogens is 244 g/mol. The lowest BCUT2D eigenvalue weighted by Crippen LogP contribution is -2.11. The fourth-order valence-electron chi connectivity index (χ4n) is 1.77. The van der Waals surface area contributed by atoms with Crippen LogP contribution in [0.4, 0.5) is 0 Å². The fraction of sp³-hybridized carbons (Fsp3) is 0.182. The van der Waals surface area contributed by atoms with Crippen molar-refractivity contribution in [3.63, 3.8) is 0 Å². The molecule has 92 valence electrons. The highest BCUT2D eigenvalue weighted by molar-refractivity contribution is 8.28. The smallest absolute Gasteiger partial charge is 0.358 e. The van der Waals surface area contributed by atoms with Crippen LogP contribution in [-0.4, -0.2) is 29.3 Å². The van der Waals surface area contributed by atoms with Gasteiger partial charge < -0.3 is 9.47 Å². The largest absolute Gasteiger partial charge is 0.494 e. The molecule has 0 unspecified atom stereocenters. The molecule has 2 rings (SSSR count). The molecule has 1 aromatic rings. The van der Waals surface area contributed by atoms with Gasteiger partial charge in [-0.3, -0.25) is 9.11 Å². The number of hydrogen-bond donors (Lipinski definition) is 2. The Balaban J connectivity index is 2.69. The molecule has 0 atom stereocenters. The van der Waals surface area contributed by atoms with Gasteiger partial charge in [0, 0.05) is 5.56 Å². The first-order valence-electron chi connectivity index (χ1n) is 4.78. The Labute approximate surface area is 100 Å². The fourth-order valence-corrected chi connectivity index (χ4v) is 3.49. The van der Waals surface area contributed by atoms with E-state index in [0.29, 0.717) is 5.56 Å². The van der Waals surface area contributed by atoms with E-state index in [9.17, 15) is 13.9 Å². The third-order valence-corrected chi connectivity index (χ3v) is 4.39. The second kappa shape index (κ2) is 4.06. The summed E-state index contributed by atoms with van der Waals surface area (Å²) < 4.78 is 29.9. The Hall–Kier alpha value is -1.50. The second-order valence-corrected chi connectivity index (χ2v) is 5.34. The normalized spacial score (nSPS) is 18.6. The van der Waals surface area contributed by atoms with Gasteiger partial charge >= 0.3 is 5.97 Å². The van der Waals surface area contributed by atoms with Crippen molar-refractivity contribution in [2.45, 2.75) is 4.90 Å². The van der Waals surface area contributed by atoms with Crippen LogP contribution in [0.5, 0.6) is 0 Å². The summed E-state index contributed by atoms with van der Waals surface area (Å²) in [6.07, 6.45) is 0. The van der Waals surface area contributed by atoms with Crippen molar-refractivity contribution < 1.29 is 23.4 Å². The standard InChI is InChI=1S/C11H12O5S/c1-15-9-7-5-3-4-6-8(7)17(13,14)10(9)11(12)16-2/h3-6,13-14H,1-2H3. The lowest BCUT2D eigenvalue weighted by Gasteiger charge is -2.28. The highest BCUT2D eigenvalue weighted by Crippen LogP contribution is 2.64. The van der Waals surface area contributed by atoms with E-state index in [4.69, 9.17) is 4.74 Å². The van der Waals surface area contributed by atoms with Crippen LogP contribution in [0.25, 0.3) is 5.76 Å². The molecule has 0 saturated heterocycles. The zero-order chi connectivity index (χ0) is 12.6.